The van der Waals surface area contributed by atoms with E-state index in [1.54, 1.807) is 53.1 Å². The van der Waals surface area contributed by atoms with Gasteiger partial charge >= 0.3 is 0 Å². The topological polar surface area (TPSA) is 59.8 Å². The summed E-state index contributed by atoms with van der Waals surface area (Å²) in [6.45, 7) is 0. The van der Waals surface area contributed by atoms with Crippen molar-refractivity contribution in [1.29, 1.82) is 0 Å². The lowest BCUT2D eigenvalue weighted by Crippen LogP contribution is -2.14. The molecule has 0 atom stereocenters. The Labute approximate surface area is 192 Å². The van der Waals surface area contributed by atoms with Crippen LogP contribution < -0.4 is 5.32 Å². The normalized spacial score (nSPS) is 10.8. The number of benzene rings is 3. The Kier molecular flexibility index (Phi) is 6.56. The maximum Gasteiger partial charge on any atom is 0.234 e. The van der Waals surface area contributed by atoms with E-state index in [2.05, 4.69) is 15.5 Å². The molecule has 1 amide bonds. The van der Waals surface area contributed by atoms with Gasteiger partial charge in [-0.2, -0.15) is 0 Å². The number of nitrogens with one attached hydrogen (secondary N) is 1. The Morgan fingerprint density at radius 2 is 1.68 bits per heavy atom. The molecule has 0 bridgehead atoms. The van der Waals surface area contributed by atoms with Crippen LogP contribution in [0, 0.1) is 5.82 Å². The molecule has 5 nitrogen and oxygen atoms in total. The van der Waals surface area contributed by atoms with Crippen molar-refractivity contribution in [1.82, 2.24) is 14.8 Å². The van der Waals surface area contributed by atoms with E-state index in [4.69, 9.17) is 23.2 Å². The predicted molar refractivity (Wildman–Crippen MR) is 123 cm³/mol. The minimum Gasteiger partial charge on any atom is -0.324 e. The lowest BCUT2D eigenvalue weighted by atomic mass is 10.2. The summed E-state index contributed by atoms with van der Waals surface area (Å²) in [6, 6.07) is 20.1. The van der Waals surface area contributed by atoms with Gasteiger partial charge in [-0.25, -0.2) is 4.39 Å². The highest BCUT2D eigenvalue weighted by Gasteiger charge is 2.18. The molecule has 0 aliphatic heterocycles. The van der Waals surface area contributed by atoms with E-state index in [1.807, 2.05) is 12.1 Å². The summed E-state index contributed by atoms with van der Waals surface area (Å²) in [5.74, 6) is 0.0563. The Hall–Kier alpha value is -2.87. The van der Waals surface area contributed by atoms with Gasteiger partial charge in [-0.05, 0) is 60.7 Å². The van der Waals surface area contributed by atoms with Crippen LogP contribution in [0.25, 0.3) is 17.1 Å². The zero-order valence-electron chi connectivity index (χ0n) is 15.9. The molecule has 0 spiro atoms. The molecule has 0 radical (unpaired) electrons. The van der Waals surface area contributed by atoms with Crippen LogP contribution in [0.15, 0.2) is 78.0 Å². The van der Waals surface area contributed by atoms with Gasteiger partial charge in [0.25, 0.3) is 0 Å². The molecule has 0 aliphatic carbocycles. The number of carbonyl (C=O) groups is 1. The lowest BCUT2D eigenvalue weighted by molar-refractivity contribution is -0.113. The highest BCUT2D eigenvalue weighted by atomic mass is 35.5. The summed E-state index contributed by atoms with van der Waals surface area (Å²) >= 11 is 13.3. The minimum absolute atomic E-state index is 0.0885. The summed E-state index contributed by atoms with van der Waals surface area (Å²) < 4.78 is 15.2. The number of amides is 1. The van der Waals surface area contributed by atoms with Gasteiger partial charge in [-0.3, -0.25) is 9.36 Å². The third kappa shape index (κ3) is 5.07. The maximum absolute atomic E-state index is 13.5. The first-order valence-electron chi connectivity index (χ1n) is 9.16. The Morgan fingerprint density at radius 1 is 0.968 bits per heavy atom. The molecule has 4 rings (SSSR count). The number of carbonyl (C=O) groups excluding carboxylic acids is 1. The van der Waals surface area contributed by atoms with Gasteiger partial charge in [0.2, 0.25) is 5.91 Å². The second-order valence-electron chi connectivity index (χ2n) is 6.44. The Morgan fingerprint density at radius 3 is 2.39 bits per heavy atom. The quantitative estimate of drug-likeness (QED) is 0.343. The summed E-state index contributed by atoms with van der Waals surface area (Å²) in [4.78, 5) is 12.4. The van der Waals surface area contributed by atoms with Gasteiger partial charge in [-0.15, -0.1) is 10.2 Å². The third-order valence-corrected chi connectivity index (χ3v) is 5.81. The number of anilines is 1. The third-order valence-electron chi connectivity index (χ3n) is 4.30. The van der Waals surface area contributed by atoms with Crippen LogP contribution in [0.2, 0.25) is 10.0 Å². The average Bonchev–Trinajstić information content (AvgIpc) is 3.19. The van der Waals surface area contributed by atoms with Gasteiger partial charge in [-0.1, -0.05) is 47.1 Å². The van der Waals surface area contributed by atoms with E-state index in [-0.39, 0.29) is 17.5 Å². The second kappa shape index (κ2) is 9.51. The summed E-state index contributed by atoms with van der Waals surface area (Å²) in [5, 5.41) is 12.9. The zero-order valence-corrected chi connectivity index (χ0v) is 18.3. The monoisotopic (exact) mass is 472 g/mol. The van der Waals surface area contributed by atoms with Gasteiger partial charge in [0.05, 0.1) is 16.5 Å². The maximum atomic E-state index is 13.5. The van der Waals surface area contributed by atoms with Crippen LogP contribution in [-0.4, -0.2) is 26.4 Å². The molecule has 4 aromatic rings. The molecule has 0 aliphatic rings. The number of hydrogen-bond acceptors (Lipinski definition) is 4. The number of nitrogens with zero attached hydrogens (tertiary/aromatic N) is 3. The molecule has 0 saturated carbocycles. The Balaban J connectivity index is 1.61. The van der Waals surface area contributed by atoms with E-state index in [9.17, 15) is 9.18 Å². The first-order chi connectivity index (χ1) is 15.0. The standard InChI is InChI=1S/C22H15Cl2FN4OS/c23-15-7-5-14(6-8-15)21-27-28-22(29(21)17-11-9-16(25)10-12-17)31-13-20(30)26-19-4-2-1-3-18(19)24/h1-12H,13H2,(H,26,30). The van der Waals surface area contributed by atoms with E-state index in [1.165, 1.54) is 23.9 Å². The van der Waals surface area contributed by atoms with Crippen LogP contribution in [0.1, 0.15) is 0 Å². The molecular formula is C22H15Cl2FN4OS. The number of thioether (sulfide) groups is 1. The van der Waals surface area contributed by atoms with E-state index < -0.39 is 0 Å². The Bertz CT molecular complexity index is 1210. The second-order valence-corrected chi connectivity index (χ2v) is 8.23. The van der Waals surface area contributed by atoms with E-state index in [0.29, 0.717) is 32.4 Å². The fourth-order valence-electron chi connectivity index (χ4n) is 2.85. The fourth-order valence-corrected chi connectivity index (χ4v) is 3.91. The smallest absolute Gasteiger partial charge is 0.234 e. The molecule has 0 unspecified atom stereocenters. The van der Waals surface area contributed by atoms with Crippen molar-refractivity contribution >= 4 is 46.6 Å². The molecule has 1 aromatic heterocycles. The van der Waals surface area contributed by atoms with Gasteiger partial charge in [0, 0.05) is 16.3 Å². The molecule has 9 heteroatoms. The summed E-state index contributed by atoms with van der Waals surface area (Å²) in [6.07, 6.45) is 0. The summed E-state index contributed by atoms with van der Waals surface area (Å²) in [5.41, 5.74) is 2.00. The first kappa shape index (κ1) is 21.4. The molecule has 0 saturated heterocycles. The number of para-hydroxylation sites is 1. The molecular weight excluding hydrogens is 458 g/mol. The lowest BCUT2D eigenvalue weighted by Gasteiger charge is -2.11. The van der Waals surface area contributed by atoms with Gasteiger partial charge in [0.1, 0.15) is 5.82 Å². The molecule has 156 valence electrons. The van der Waals surface area contributed by atoms with Gasteiger partial charge in [0.15, 0.2) is 11.0 Å². The van der Waals surface area contributed by atoms with Crippen LogP contribution in [0.4, 0.5) is 10.1 Å². The molecule has 31 heavy (non-hydrogen) atoms. The predicted octanol–water partition coefficient (Wildman–Crippen LogP) is 6.11. The van der Waals surface area contributed by atoms with Crippen molar-refractivity contribution in [2.24, 2.45) is 0 Å². The fraction of sp³-hybridized carbons (Fsp3) is 0.0455. The number of hydrogen-bond donors (Lipinski definition) is 1. The number of halogens is 3. The van der Waals surface area contributed by atoms with E-state index >= 15 is 0 Å². The zero-order chi connectivity index (χ0) is 21.8. The van der Waals surface area contributed by atoms with Crippen molar-refractivity contribution in [3.63, 3.8) is 0 Å². The molecule has 1 heterocycles. The van der Waals surface area contributed by atoms with Crippen LogP contribution >= 0.6 is 35.0 Å². The highest BCUT2D eigenvalue weighted by Crippen LogP contribution is 2.29. The van der Waals surface area contributed by atoms with Crippen molar-refractivity contribution in [3.8, 4) is 17.1 Å². The van der Waals surface area contributed by atoms with Crippen LogP contribution in [0.5, 0.6) is 0 Å². The number of aromatic nitrogens is 3. The van der Waals surface area contributed by atoms with Crippen LogP contribution in [0.3, 0.4) is 0 Å². The molecule has 0 fully saturated rings. The largest absolute Gasteiger partial charge is 0.324 e. The van der Waals surface area contributed by atoms with Crippen molar-refractivity contribution in [2.75, 3.05) is 11.1 Å². The van der Waals surface area contributed by atoms with Crippen molar-refractivity contribution in [2.45, 2.75) is 5.16 Å². The minimum atomic E-state index is -0.349. The number of rotatable bonds is 6. The first-order valence-corrected chi connectivity index (χ1v) is 10.9. The van der Waals surface area contributed by atoms with Crippen LogP contribution in [-0.2, 0) is 4.79 Å². The van der Waals surface area contributed by atoms with Crippen molar-refractivity contribution in [3.05, 3.63) is 88.7 Å². The van der Waals surface area contributed by atoms with Crippen molar-refractivity contribution < 1.29 is 9.18 Å². The highest BCUT2D eigenvalue weighted by molar-refractivity contribution is 7.99. The molecule has 3 aromatic carbocycles. The average molecular weight is 473 g/mol. The SMILES string of the molecule is O=C(CSc1nnc(-c2ccc(Cl)cc2)n1-c1ccc(F)cc1)Nc1ccccc1Cl. The molecule has 1 N–H and O–H groups in total. The van der Waals surface area contributed by atoms with E-state index in [0.717, 1.165) is 5.56 Å². The van der Waals surface area contributed by atoms with Gasteiger partial charge < -0.3 is 5.32 Å². The summed E-state index contributed by atoms with van der Waals surface area (Å²) in [7, 11) is 0.